The summed E-state index contributed by atoms with van der Waals surface area (Å²) in [4.78, 5) is 13.0. The fourth-order valence-electron chi connectivity index (χ4n) is 4.70. The first-order valence-corrected chi connectivity index (χ1v) is 11.6. The Hall–Kier alpha value is -2.42. The maximum absolute atomic E-state index is 13.3. The molecule has 3 heteroatoms. The van der Waals surface area contributed by atoms with Gasteiger partial charge in [0.15, 0.2) is 5.78 Å². The third kappa shape index (κ3) is 7.06. The van der Waals surface area contributed by atoms with Gasteiger partial charge in [-0.3, -0.25) is 4.79 Å². The molecule has 0 aliphatic rings. The van der Waals surface area contributed by atoms with Crippen molar-refractivity contribution in [1.29, 1.82) is 0 Å². The molecular formula is C28H36BFO. The van der Waals surface area contributed by atoms with Crippen molar-refractivity contribution in [3.8, 4) is 0 Å². The summed E-state index contributed by atoms with van der Waals surface area (Å²) in [5.74, 6) is -0.0345. The van der Waals surface area contributed by atoms with Crippen molar-refractivity contribution in [2.24, 2.45) is 5.92 Å². The van der Waals surface area contributed by atoms with E-state index in [2.05, 4.69) is 40.2 Å². The van der Waals surface area contributed by atoms with Gasteiger partial charge in [-0.05, 0) is 42.5 Å². The fourth-order valence-corrected chi connectivity index (χ4v) is 4.70. The van der Waals surface area contributed by atoms with Gasteiger partial charge >= 0.3 is 0 Å². The smallest absolute Gasteiger partial charge is 0.165 e. The molecule has 0 radical (unpaired) electrons. The highest BCUT2D eigenvalue weighted by Crippen LogP contribution is 2.45. The molecule has 31 heavy (non-hydrogen) atoms. The highest BCUT2D eigenvalue weighted by atomic mass is 19.1. The van der Waals surface area contributed by atoms with Crippen LogP contribution in [0.3, 0.4) is 0 Å². The van der Waals surface area contributed by atoms with Crippen LogP contribution < -0.4 is 0 Å². The largest absolute Gasteiger partial charge is 0.294 e. The number of rotatable bonds is 12. The van der Waals surface area contributed by atoms with Gasteiger partial charge in [-0.15, -0.1) is 0 Å². The van der Waals surface area contributed by atoms with E-state index in [0.29, 0.717) is 0 Å². The molecule has 164 valence electrons. The van der Waals surface area contributed by atoms with Crippen LogP contribution in [-0.4, -0.2) is 13.1 Å². The molecule has 0 spiro atoms. The van der Waals surface area contributed by atoms with Gasteiger partial charge in [0, 0.05) is 11.5 Å². The molecular weight excluding hydrogens is 382 g/mol. The number of carbonyl (C=O) groups excluding carboxylic acids is 1. The minimum absolute atomic E-state index is 0.0339. The fraction of sp³-hybridized carbons (Fsp3) is 0.393. The molecule has 2 unspecified atom stereocenters. The van der Waals surface area contributed by atoms with Gasteiger partial charge in [0.25, 0.3) is 0 Å². The van der Waals surface area contributed by atoms with Gasteiger partial charge < -0.3 is 0 Å². The van der Waals surface area contributed by atoms with E-state index in [1.165, 1.54) is 17.7 Å². The van der Waals surface area contributed by atoms with E-state index < -0.39 is 0 Å². The second-order valence-corrected chi connectivity index (χ2v) is 8.80. The van der Waals surface area contributed by atoms with Crippen molar-refractivity contribution < 1.29 is 9.18 Å². The minimum atomic E-state index is -0.219. The maximum Gasteiger partial charge on any atom is 0.165 e. The standard InChI is InChI=1S/C28H36BFO/c1-6-17-28(29-5,20-22(4)27(31)25-11-9-8-10-12-25)19-21(3)18-23(7-2)24-13-15-26(30)16-14-24/h8-16,18,22,29H,3,6-7,17,19-20H2,1-2,4-5H3/b23-18+. The Kier molecular flexibility index (Phi) is 9.49. The summed E-state index contributed by atoms with van der Waals surface area (Å²) < 4.78 is 13.3. The number of hydrogen-bond acceptors (Lipinski definition) is 1. The molecule has 0 heterocycles. The molecule has 1 nitrogen and oxygen atoms in total. The number of hydrogen-bond donors (Lipinski definition) is 0. The summed E-state index contributed by atoms with van der Waals surface area (Å²) in [7, 11) is 1.01. The molecule has 0 N–H and O–H groups in total. The van der Waals surface area contributed by atoms with E-state index in [1.807, 2.05) is 42.5 Å². The number of allylic oxidation sites excluding steroid dienone is 3. The average molecular weight is 418 g/mol. The van der Waals surface area contributed by atoms with Crippen LogP contribution in [-0.2, 0) is 0 Å². The van der Waals surface area contributed by atoms with Crippen molar-refractivity contribution in [2.75, 3.05) is 0 Å². The summed E-state index contributed by atoms with van der Waals surface area (Å²) >= 11 is 0. The monoisotopic (exact) mass is 418 g/mol. The molecule has 0 aromatic heterocycles. The summed E-state index contributed by atoms with van der Waals surface area (Å²) in [5.41, 5.74) is 4.07. The molecule has 0 bridgehead atoms. The molecule has 0 aliphatic heterocycles. The zero-order chi connectivity index (χ0) is 22.9. The lowest BCUT2D eigenvalue weighted by atomic mass is 9.47. The molecule has 0 saturated carbocycles. The van der Waals surface area contributed by atoms with Crippen LogP contribution in [0.2, 0.25) is 12.1 Å². The van der Waals surface area contributed by atoms with E-state index >= 15 is 0 Å². The molecule has 0 saturated heterocycles. The summed E-state index contributed by atoms with van der Waals surface area (Å²) in [6, 6.07) is 16.3. The van der Waals surface area contributed by atoms with Crippen LogP contribution >= 0.6 is 0 Å². The molecule has 2 aromatic carbocycles. The van der Waals surface area contributed by atoms with E-state index in [4.69, 9.17) is 0 Å². The number of Topliss-reactive ketones (excluding diaryl/α,β-unsaturated/α-hetero) is 1. The summed E-state index contributed by atoms with van der Waals surface area (Å²) in [6.07, 6.45) is 6.90. The normalized spacial score (nSPS) is 14.5. The number of carbonyl (C=O) groups is 1. The number of ketones is 1. The third-order valence-corrected chi connectivity index (χ3v) is 6.35. The quantitative estimate of drug-likeness (QED) is 0.194. The summed E-state index contributed by atoms with van der Waals surface area (Å²) in [5, 5.41) is 0.0494. The summed E-state index contributed by atoms with van der Waals surface area (Å²) in [6.45, 7) is 13.0. The molecule has 0 aliphatic carbocycles. The van der Waals surface area contributed by atoms with Gasteiger partial charge in [-0.2, -0.15) is 0 Å². The van der Waals surface area contributed by atoms with Crippen LogP contribution in [0.5, 0.6) is 0 Å². The lowest BCUT2D eigenvalue weighted by Gasteiger charge is -2.35. The predicted molar refractivity (Wildman–Crippen MR) is 134 cm³/mol. The first-order chi connectivity index (χ1) is 14.8. The van der Waals surface area contributed by atoms with E-state index in [0.717, 1.165) is 56.1 Å². The third-order valence-electron chi connectivity index (χ3n) is 6.35. The van der Waals surface area contributed by atoms with Crippen molar-refractivity contribution in [2.45, 2.75) is 65.0 Å². The van der Waals surface area contributed by atoms with Gasteiger partial charge in [0.1, 0.15) is 13.1 Å². The van der Waals surface area contributed by atoms with Crippen LogP contribution in [0, 0.1) is 11.7 Å². The number of halogens is 1. The second kappa shape index (κ2) is 11.8. The highest BCUT2D eigenvalue weighted by Gasteiger charge is 2.32. The van der Waals surface area contributed by atoms with Gasteiger partial charge in [-0.25, -0.2) is 4.39 Å². The minimum Gasteiger partial charge on any atom is -0.294 e. The van der Waals surface area contributed by atoms with E-state index in [9.17, 15) is 9.18 Å². The van der Waals surface area contributed by atoms with E-state index in [1.54, 1.807) is 0 Å². The SMILES string of the molecule is C=C(/C=C(\CC)c1ccc(F)cc1)CC(BC)(CCC)CC(C)C(=O)c1ccccc1. The highest BCUT2D eigenvalue weighted by molar-refractivity contribution is 6.38. The Balaban J connectivity index is 2.21. The molecule has 2 rings (SSSR count). The number of benzene rings is 2. The lowest BCUT2D eigenvalue weighted by molar-refractivity contribution is 0.0912. The maximum atomic E-state index is 13.3. The lowest BCUT2D eigenvalue weighted by Crippen LogP contribution is -2.25. The zero-order valence-electron chi connectivity index (χ0n) is 19.6. The van der Waals surface area contributed by atoms with Gasteiger partial charge in [0.2, 0.25) is 0 Å². The van der Waals surface area contributed by atoms with E-state index in [-0.39, 0.29) is 22.8 Å². The van der Waals surface area contributed by atoms with Gasteiger partial charge in [0.05, 0.1) is 0 Å². The Bertz CT molecular complexity index is 885. The zero-order valence-corrected chi connectivity index (χ0v) is 19.6. The second-order valence-electron chi connectivity index (χ2n) is 8.80. The van der Waals surface area contributed by atoms with Crippen molar-refractivity contribution >= 4 is 18.6 Å². The topological polar surface area (TPSA) is 17.1 Å². The Morgan fingerprint density at radius 3 is 2.29 bits per heavy atom. The Morgan fingerprint density at radius 1 is 1.10 bits per heavy atom. The average Bonchev–Trinajstić information content (AvgIpc) is 2.78. The molecule has 0 fully saturated rings. The van der Waals surface area contributed by atoms with Crippen LogP contribution in [0.15, 0.2) is 72.8 Å². The molecule has 2 aromatic rings. The van der Waals surface area contributed by atoms with Crippen LogP contribution in [0.4, 0.5) is 4.39 Å². The van der Waals surface area contributed by atoms with Crippen molar-refractivity contribution in [3.05, 3.63) is 89.8 Å². The Labute approximate surface area is 188 Å². The predicted octanol–water partition coefficient (Wildman–Crippen LogP) is 7.92. The first-order valence-electron chi connectivity index (χ1n) is 11.6. The van der Waals surface area contributed by atoms with Crippen molar-refractivity contribution in [1.82, 2.24) is 0 Å². The Morgan fingerprint density at radius 2 is 1.74 bits per heavy atom. The van der Waals surface area contributed by atoms with Gasteiger partial charge in [-0.1, -0.05) is 106 Å². The molecule has 2 atom stereocenters. The van der Waals surface area contributed by atoms with Crippen LogP contribution in [0.25, 0.3) is 5.57 Å². The van der Waals surface area contributed by atoms with Crippen molar-refractivity contribution in [3.63, 3.8) is 0 Å². The first kappa shape index (κ1) is 24.9. The van der Waals surface area contributed by atoms with Crippen LogP contribution in [0.1, 0.15) is 68.8 Å². The molecule has 0 amide bonds.